The van der Waals surface area contributed by atoms with Crippen LogP contribution in [0.4, 0.5) is 0 Å². The number of carboxylic acid groups (broad SMARTS) is 2. The van der Waals surface area contributed by atoms with Crippen LogP contribution in [0.1, 0.15) is 42.9 Å². The molecule has 0 bridgehead atoms. The third-order valence-corrected chi connectivity index (χ3v) is 7.10. The van der Waals surface area contributed by atoms with E-state index in [1.807, 2.05) is 50.2 Å². The summed E-state index contributed by atoms with van der Waals surface area (Å²) in [6.07, 6.45) is 0.968. The number of aliphatic carboxylic acids is 2. The third kappa shape index (κ3) is 7.30. The van der Waals surface area contributed by atoms with Gasteiger partial charge in [-0.3, -0.25) is 14.4 Å². The molecule has 2 atom stereocenters. The standard InChI is InChI=1S/C28H38N2O8/c1-19-21(16-38-29-27(3,18-31)26(34)35)7-4-8-22(19)23-9-5-10-24(20(23)2)37-14-6-12-30-13-11-28(36,17-30)15-25(32)33/h4-5,7-10,29,31,36H,6,11-18H2,1-3H3,(H,32,33)(H,34,35)/t27-,28?/m0/s1. The fourth-order valence-electron chi connectivity index (χ4n) is 4.64. The van der Waals surface area contributed by atoms with Crippen LogP contribution in [0.15, 0.2) is 36.4 Å². The number of carbonyl (C=O) groups is 2. The minimum Gasteiger partial charge on any atom is -0.493 e. The van der Waals surface area contributed by atoms with Crippen molar-refractivity contribution >= 4 is 11.9 Å². The normalized spacial score (nSPS) is 19.3. The van der Waals surface area contributed by atoms with Gasteiger partial charge in [0, 0.05) is 19.6 Å². The van der Waals surface area contributed by atoms with Gasteiger partial charge in [0.05, 0.1) is 31.8 Å². The van der Waals surface area contributed by atoms with Crippen LogP contribution >= 0.6 is 0 Å². The summed E-state index contributed by atoms with van der Waals surface area (Å²) < 4.78 is 6.09. The molecule has 1 fully saturated rings. The number of carboxylic acids is 2. The first kappa shape index (κ1) is 29.5. The van der Waals surface area contributed by atoms with E-state index in [2.05, 4.69) is 10.4 Å². The van der Waals surface area contributed by atoms with Crippen LogP contribution in [0.2, 0.25) is 0 Å². The van der Waals surface area contributed by atoms with E-state index in [4.69, 9.17) is 14.7 Å². The molecule has 10 nitrogen and oxygen atoms in total. The minimum atomic E-state index is -1.59. The predicted octanol–water partition coefficient (Wildman–Crippen LogP) is 2.51. The molecule has 1 aliphatic rings. The van der Waals surface area contributed by atoms with E-state index in [1.54, 1.807) is 0 Å². The number of ether oxygens (including phenoxy) is 1. The molecule has 0 amide bonds. The van der Waals surface area contributed by atoms with Gasteiger partial charge < -0.3 is 30.1 Å². The van der Waals surface area contributed by atoms with Crippen molar-refractivity contribution in [3.05, 3.63) is 53.1 Å². The lowest BCUT2D eigenvalue weighted by atomic mass is 9.93. The molecule has 3 rings (SSSR count). The summed E-state index contributed by atoms with van der Waals surface area (Å²) in [7, 11) is 0. The molecule has 0 aromatic heterocycles. The molecule has 208 valence electrons. The number of nitrogens with zero attached hydrogens (tertiary/aromatic N) is 1. The van der Waals surface area contributed by atoms with Gasteiger partial charge in [-0.15, -0.1) is 0 Å². The Hall–Kier alpha value is -3.02. The lowest BCUT2D eigenvalue weighted by molar-refractivity contribution is -0.155. The molecular weight excluding hydrogens is 492 g/mol. The fourth-order valence-corrected chi connectivity index (χ4v) is 4.64. The second kappa shape index (κ2) is 12.7. The van der Waals surface area contributed by atoms with E-state index < -0.39 is 29.7 Å². The zero-order valence-electron chi connectivity index (χ0n) is 22.2. The zero-order chi connectivity index (χ0) is 27.9. The Bertz CT molecular complexity index is 1140. The Labute approximate surface area is 222 Å². The van der Waals surface area contributed by atoms with E-state index in [0.29, 0.717) is 32.7 Å². The van der Waals surface area contributed by atoms with Crippen molar-refractivity contribution in [1.82, 2.24) is 10.4 Å². The second-order valence-corrected chi connectivity index (χ2v) is 10.2. The van der Waals surface area contributed by atoms with Gasteiger partial charge in [0.15, 0.2) is 5.54 Å². The maximum atomic E-state index is 11.3. The molecule has 0 radical (unpaired) electrons. The molecule has 2 aromatic rings. The molecule has 1 heterocycles. The summed E-state index contributed by atoms with van der Waals surface area (Å²) in [5.74, 6) is -1.42. The maximum absolute atomic E-state index is 11.3. The first-order valence-corrected chi connectivity index (χ1v) is 12.7. The van der Waals surface area contributed by atoms with Crippen LogP contribution in [0.5, 0.6) is 5.75 Å². The highest BCUT2D eigenvalue weighted by atomic mass is 16.6. The van der Waals surface area contributed by atoms with Crippen molar-refractivity contribution in [2.45, 2.75) is 57.8 Å². The van der Waals surface area contributed by atoms with Crippen LogP contribution in [0.3, 0.4) is 0 Å². The average Bonchev–Trinajstić information content (AvgIpc) is 3.23. The number of rotatable bonds is 14. The third-order valence-electron chi connectivity index (χ3n) is 7.10. The van der Waals surface area contributed by atoms with Gasteiger partial charge in [-0.25, -0.2) is 0 Å². The Morgan fingerprint density at radius 2 is 1.79 bits per heavy atom. The Morgan fingerprint density at radius 1 is 1.11 bits per heavy atom. The first-order valence-electron chi connectivity index (χ1n) is 12.7. The molecule has 1 unspecified atom stereocenters. The molecular formula is C28H38N2O8. The maximum Gasteiger partial charge on any atom is 0.328 e. The number of aliphatic hydroxyl groups excluding tert-OH is 1. The zero-order valence-corrected chi connectivity index (χ0v) is 22.2. The molecule has 0 saturated carbocycles. The molecule has 2 aromatic carbocycles. The number of likely N-dealkylation sites (tertiary alicyclic amines) is 1. The van der Waals surface area contributed by atoms with E-state index in [0.717, 1.165) is 40.0 Å². The van der Waals surface area contributed by atoms with Crippen molar-refractivity contribution in [3.63, 3.8) is 0 Å². The van der Waals surface area contributed by atoms with Crippen LogP contribution in [0.25, 0.3) is 11.1 Å². The number of benzene rings is 2. The molecule has 1 saturated heterocycles. The number of β-amino-alcohol motifs (C(OH)–C–C–N with tert-alkyl or cyclic N) is 1. The summed E-state index contributed by atoms with van der Waals surface area (Å²) >= 11 is 0. The van der Waals surface area contributed by atoms with Crippen molar-refractivity contribution < 1.29 is 39.6 Å². The molecule has 1 aliphatic heterocycles. The van der Waals surface area contributed by atoms with Gasteiger partial charge in [0.2, 0.25) is 0 Å². The van der Waals surface area contributed by atoms with Crippen LogP contribution in [0, 0.1) is 13.8 Å². The monoisotopic (exact) mass is 530 g/mol. The number of hydrogen-bond donors (Lipinski definition) is 5. The summed E-state index contributed by atoms with van der Waals surface area (Å²) in [5.41, 5.74) is 4.57. The van der Waals surface area contributed by atoms with E-state index in [9.17, 15) is 24.9 Å². The van der Waals surface area contributed by atoms with Gasteiger partial charge in [-0.1, -0.05) is 30.3 Å². The number of nitrogens with one attached hydrogen (secondary N) is 1. The summed E-state index contributed by atoms with van der Waals surface area (Å²) in [4.78, 5) is 29.8. The minimum absolute atomic E-state index is 0.121. The summed E-state index contributed by atoms with van der Waals surface area (Å²) in [5, 5.41) is 38.0. The molecule has 38 heavy (non-hydrogen) atoms. The highest BCUT2D eigenvalue weighted by molar-refractivity contribution is 5.78. The first-order chi connectivity index (χ1) is 18.0. The fraction of sp³-hybridized carbons (Fsp3) is 0.500. The van der Waals surface area contributed by atoms with Crippen molar-refractivity contribution in [2.75, 3.05) is 32.8 Å². The van der Waals surface area contributed by atoms with Crippen molar-refractivity contribution in [2.24, 2.45) is 0 Å². The number of hydrogen-bond acceptors (Lipinski definition) is 8. The predicted molar refractivity (Wildman–Crippen MR) is 141 cm³/mol. The SMILES string of the molecule is Cc1c(CON[C@@](C)(CO)C(=O)O)cccc1-c1cccc(OCCCN2CCC(O)(CC(=O)O)C2)c1C. The van der Waals surface area contributed by atoms with Gasteiger partial charge in [-0.2, -0.15) is 5.48 Å². The average molecular weight is 531 g/mol. The van der Waals surface area contributed by atoms with Gasteiger partial charge in [0.1, 0.15) is 5.75 Å². The van der Waals surface area contributed by atoms with Crippen molar-refractivity contribution in [1.29, 1.82) is 0 Å². The molecule has 10 heteroatoms. The lowest BCUT2D eigenvalue weighted by Gasteiger charge is -2.23. The Balaban J connectivity index is 1.60. The van der Waals surface area contributed by atoms with E-state index >= 15 is 0 Å². The Morgan fingerprint density at radius 3 is 2.45 bits per heavy atom. The number of aliphatic hydroxyl groups is 2. The van der Waals surface area contributed by atoms with Gasteiger partial charge >= 0.3 is 11.9 Å². The topological polar surface area (TPSA) is 149 Å². The van der Waals surface area contributed by atoms with Gasteiger partial charge in [0.25, 0.3) is 0 Å². The number of hydroxylamine groups is 1. The van der Waals surface area contributed by atoms with Crippen molar-refractivity contribution in [3.8, 4) is 16.9 Å². The highest BCUT2D eigenvalue weighted by Gasteiger charge is 2.37. The lowest BCUT2D eigenvalue weighted by Crippen LogP contribution is -2.52. The van der Waals surface area contributed by atoms with Crippen LogP contribution in [-0.4, -0.2) is 81.3 Å². The summed E-state index contributed by atoms with van der Waals surface area (Å²) in [6.45, 7) is 7.07. The van der Waals surface area contributed by atoms with E-state index in [1.165, 1.54) is 6.92 Å². The molecule has 5 N–H and O–H groups in total. The van der Waals surface area contributed by atoms with Crippen LogP contribution in [-0.2, 0) is 21.0 Å². The quantitative estimate of drug-likeness (QED) is 0.182. The smallest absolute Gasteiger partial charge is 0.328 e. The summed E-state index contributed by atoms with van der Waals surface area (Å²) in [6, 6.07) is 11.7. The largest absolute Gasteiger partial charge is 0.493 e. The van der Waals surface area contributed by atoms with Gasteiger partial charge in [-0.05, 0) is 67.5 Å². The van der Waals surface area contributed by atoms with E-state index in [-0.39, 0.29) is 13.0 Å². The van der Waals surface area contributed by atoms with Crippen LogP contribution < -0.4 is 10.2 Å². The molecule has 0 aliphatic carbocycles. The molecule has 0 spiro atoms. The second-order valence-electron chi connectivity index (χ2n) is 10.2. The Kier molecular flexibility index (Phi) is 9.86. The highest BCUT2D eigenvalue weighted by Crippen LogP contribution is 2.33.